The third-order valence-electron chi connectivity index (χ3n) is 5.71. The molecule has 2 heterocycles. The van der Waals surface area contributed by atoms with Gasteiger partial charge in [0.15, 0.2) is 6.67 Å². The van der Waals surface area contributed by atoms with Crippen molar-refractivity contribution in [3.8, 4) is 11.5 Å². The van der Waals surface area contributed by atoms with E-state index in [9.17, 15) is 9.59 Å². The molecule has 152 valence electrons. The van der Waals surface area contributed by atoms with Gasteiger partial charge in [-0.1, -0.05) is 12.1 Å². The van der Waals surface area contributed by atoms with Crippen LogP contribution in [0.4, 0.5) is 0 Å². The normalized spacial score (nSPS) is 21.2. The first-order chi connectivity index (χ1) is 14.2. The summed E-state index contributed by atoms with van der Waals surface area (Å²) in [5.74, 6) is 1.33. The predicted molar refractivity (Wildman–Crippen MR) is 107 cm³/mol. The van der Waals surface area contributed by atoms with E-state index < -0.39 is 0 Å². The zero-order valence-electron chi connectivity index (χ0n) is 16.6. The second-order valence-electron chi connectivity index (χ2n) is 7.52. The van der Waals surface area contributed by atoms with Gasteiger partial charge in [-0.2, -0.15) is 0 Å². The van der Waals surface area contributed by atoms with Crippen LogP contribution in [-0.4, -0.2) is 69.8 Å². The Bertz CT molecular complexity index is 841. The Labute approximate surface area is 170 Å². The summed E-state index contributed by atoms with van der Waals surface area (Å²) in [7, 11) is 1.65. The Morgan fingerprint density at radius 1 is 0.828 bits per heavy atom. The van der Waals surface area contributed by atoms with E-state index in [1.165, 1.54) is 14.7 Å². The van der Waals surface area contributed by atoms with Gasteiger partial charge in [-0.15, -0.1) is 0 Å². The number of imide groups is 1. The number of carbonyl (C=O) groups excluding carboxylic acids is 2. The highest BCUT2D eigenvalue weighted by atomic mass is 16.5. The van der Waals surface area contributed by atoms with E-state index in [2.05, 4.69) is 0 Å². The highest BCUT2D eigenvalue weighted by Gasteiger charge is 2.38. The van der Waals surface area contributed by atoms with Crippen molar-refractivity contribution in [2.75, 3.05) is 53.1 Å². The lowest BCUT2D eigenvalue weighted by Gasteiger charge is -2.31. The number of amides is 2. The molecule has 0 bridgehead atoms. The summed E-state index contributed by atoms with van der Waals surface area (Å²) in [6.07, 6.45) is 0. The largest absolute Gasteiger partial charge is 0.497 e. The number of nitrogens with zero attached hydrogens (tertiary/aromatic N) is 1. The van der Waals surface area contributed by atoms with Gasteiger partial charge in [0.2, 0.25) is 0 Å². The fourth-order valence-corrected chi connectivity index (χ4v) is 3.96. The minimum Gasteiger partial charge on any atom is -0.497 e. The maximum absolute atomic E-state index is 12.5. The predicted octanol–water partition coefficient (Wildman–Crippen LogP) is -0.889. The van der Waals surface area contributed by atoms with Gasteiger partial charge in [-0.3, -0.25) is 9.59 Å². The van der Waals surface area contributed by atoms with Crippen molar-refractivity contribution >= 4 is 11.8 Å². The van der Waals surface area contributed by atoms with Crippen molar-refractivity contribution in [2.45, 2.75) is 0 Å². The number of fused-ring (bicyclic) bond motifs is 1. The Morgan fingerprint density at radius 2 is 1.38 bits per heavy atom. The fraction of sp³-hybridized carbons (Fsp3) is 0.364. The van der Waals surface area contributed by atoms with Gasteiger partial charge in [-0.25, -0.2) is 4.90 Å². The molecule has 2 aliphatic rings. The number of hydrogen-bond acceptors (Lipinski definition) is 4. The summed E-state index contributed by atoms with van der Waals surface area (Å²) >= 11 is 0. The van der Waals surface area contributed by atoms with E-state index in [0.717, 1.165) is 44.2 Å². The highest BCUT2D eigenvalue weighted by molar-refractivity contribution is 6.21. The number of quaternary nitrogens is 2. The molecule has 29 heavy (non-hydrogen) atoms. The number of hydrogen-bond donors (Lipinski definition) is 2. The molecule has 2 amide bonds. The smallest absolute Gasteiger partial charge is 0.265 e. The standard InChI is InChI=1S/C22H25N3O4/c1-28-17-6-8-18(9-7-17)29-15-14-23-10-12-24(13-11-23)16-25-21(26)19-4-2-3-5-20(19)22(25)27/h2-9H,10-16H2,1H3/p+2. The van der Waals surface area contributed by atoms with Crippen LogP contribution >= 0.6 is 0 Å². The van der Waals surface area contributed by atoms with E-state index in [1.807, 2.05) is 24.3 Å². The van der Waals surface area contributed by atoms with Crippen molar-refractivity contribution < 1.29 is 28.9 Å². The molecule has 7 nitrogen and oxygen atoms in total. The number of nitrogens with one attached hydrogen (secondary N) is 2. The SMILES string of the molecule is COc1ccc(OCC[NH+]2CC[NH+](CN3C(=O)c4ccccc4C3=O)CC2)cc1. The van der Waals surface area contributed by atoms with Gasteiger partial charge in [0.1, 0.15) is 50.8 Å². The number of rotatable bonds is 7. The molecule has 0 spiro atoms. The summed E-state index contributed by atoms with van der Waals surface area (Å²) < 4.78 is 11.0. The van der Waals surface area contributed by atoms with Crippen LogP contribution in [0.15, 0.2) is 48.5 Å². The molecule has 1 saturated heterocycles. The van der Waals surface area contributed by atoms with Crippen LogP contribution in [0.1, 0.15) is 20.7 Å². The molecule has 1 fully saturated rings. The van der Waals surface area contributed by atoms with Gasteiger partial charge in [0.25, 0.3) is 11.8 Å². The highest BCUT2D eigenvalue weighted by Crippen LogP contribution is 2.21. The number of benzene rings is 2. The first kappa shape index (κ1) is 19.4. The van der Waals surface area contributed by atoms with Crippen molar-refractivity contribution in [1.29, 1.82) is 0 Å². The Balaban J connectivity index is 1.21. The Hall–Kier alpha value is -2.90. The number of piperazine rings is 1. The van der Waals surface area contributed by atoms with Gasteiger partial charge in [-0.05, 0) is 36.4 Å². The van der Waals surface area contributed by atoms with Crippen LogP contribution in [0, 0.1) is 0 Å². The average Bonchev–Trinajstić information content (AvgIpc) is 3.00. The third kappa shape index (κ3) is 4.26. The van der Waals surface area contributed by atoms with Crippen LogP contribution in [0.2, 0.25) is 0 Å². The van der Waals surface area contributed by atoms with Crippen LogP contribution in [0.3, 0.4) is 0 Å². The minimum atomic E-state index is -0.166. The van der Waals surface area contributed by atoms with Gasteiger partial charge in [0, 0.05) is 0 Å². The first-order valence-electron chi connectivity index (χ1n) is 10.0. The van der Waals surface area contributed by atoms with E-state index in [1.54, 1.807) is 31.4 Å². The molecule has 0 atom stereocenters. The molecule has 0 aliphatic carbocycles. The average molecular weight is 397 g/mol. The first-order valence-corrected chi connectivity index (χ1v) is 10.0. The second kappa shape index (κ2) is 8.63. The van der Waals surface area contributed by atoms with Crippen molar-refractivity contribution in [2.24, 2.45) is 0 Å². The summed E-state index contributed by atoms with van der Waals surface area (Å²) in [6.45, 7) is 5.93. The lowest BCUT2D eigenvalue weighted by molar-refractivity contribution is -1.01. The quantitative estimate of drug-likeness (QED) is 0.595. The Morgan fingerprint density at radius 3 is 1.97 bits per heavy atom. The lowest BCUT2D eigenvalue weighted by Crippen LogP contribution is -3.28. The van der Waals surface area contributed by atoms with Crippen LogP contribution in [0.25, 0.3) is 0 Å². The van der Waals surface area contributed by atoms with E-state index in [-0.39, 0.29) is 11.8 Å². The molecule has 0 unspecified atom stereocenters. The number of carbonyl (C=O) groups is 2. The summed E-state index contributed by atoms with van der Waals surface area (Å²) in [5.41, 5.74) is 1.05. The van der Waals surface area contributed by atoms with Crippen LogP contribution in [-0.2, 0) is 0 Å². The van der Waals surface area contributed by atoms with Crippen molar-refractivity contribution in [3.63, 3.8) is 0 Å². The Kier molecular flexibility index (Phi) is 5.78. The maximum Gasteiger partial charge on any atom is 0.265 e. The maximum atomic E-state index is 12.5. The van der Waals surface area contributed by atoms with Crippen molar-refractivity contribution in [3.05, 3.63) is 59.7 Å². The molecular weight excluding hydrogens is 370 g/mol. The monoisotopic (exact) mass is 397 g/mol. The van der Waals surface area contributed by atoms with Gasteiger partial charge in [0.05, 0.1) is 18.2 Å². The van der Waals surface area contributed by atoms with Gasteiger partial charge >= 0.3 is 0 Å². The molecule has 7 heteroatoms. The van der Waals surface area contributed by atoms with E-state index in [0.29, 0.717) is 24.4 Å². The molecule has 0 radical (unpaired) electrons. The third-order valence-corrected chi connectivity index (χ3v) is 5.71. The number of ether oxygens (including phenoxy) is 2. The zero-order valence-corrected chi connectivity index (χ0v) is 16.6. The molecule has 0 aromatic heterocycles. The summed E-state index contributed by atoms with van der Waals surface area (Å²) in [5, 5.41) is 0. The summed E-state index contributed by atoms with van der Waals surface area (Å²) in [4.78, 5) is 29.2. The van der Waals surface area contributed by atoms with E-state index in [4.69, 9.17) is 9.47 Å². The van der Waals surface area contributed by atoms with Crippen molar-refractivity contribution in [1.82, 2.24) is 4.90 Å². The molecule has 0 saturated carbocycles. The van der Waals surface area contributed by atoms with Crippen LogP contribution in [0.5, 0.6) is 11.5 Å². The lowest BCUT2D eigenvalue weighted by atomic mass is 10.1. The second-order valence-corrected chi connectivity index (χ2v) is 7.52. The molecule has 2 aliphatic heterocycles. The zero-order chi connectivity index (χ0) is 20.2. The molecule has 4 rings (SSSR count). The summed E-state index contributed by atoms with van der Waals surface area (Å²) in [6, 6.07) is 14.7. The molecule has 2 aromatic carbocycles. The molecule has 2 aromatic rings. The molecular formula is C22H27N3O4+2. The van der Waals surface area contributed by atoms with Gasteiger partial charge < -0.3 is 19.3 Å². The topological polar surface area (TPSA) is 64.7 Å². The van der Waals surface area contributed by atoms with Crippen LogP contribution < -0.4 is 19.3 Å². The van der Waals surface area contributed by atoms with E-state index >= 15 is 0 Å². The molecule has 2 N–H and O–H groups in total. The number of methoxy groups -OCH3 is 1. The fourth-order valence-electron chi connectivity index (χ4n) is 3.96. The minimum absolute atomic E-state index is 0.166.